The third-order valence-electron chi connectivity index (χ3n) is 2.60. The molecule has 7 heteroatoms. The van der Waals surface area contributed by atoms with Crippen molar-refractivity contribution in [1.82, 2.24) is 5.32 Å². The fourth-order valence-corrected chi connectivity index (χ4v) is 2.62. The fraction of sp³-hybridized carbons (Fsp3) is 0.583. The second-order valence-electron chi connectivity index (χ2n) is 3.88. The van der Waals surface area contributed by atoms with Crippen molar-refractivity contribution in [3.05, 3.63) is 32.3 Å². The summed E-state index contributed by atoms with van der Waals surface area (Å²) in [6, 6.07) is 3.53. The highest BCUT2D eigenvalue weighted by Crippen LogP contribution is 2.24. The minimum Gasteiger partial charge on any atom is -0.468 e. The van der Waals surface area contributed by atoms with Gasteiger partial charge < -0.3 is 10.1 Å². The van der Waals surface area contributed by atoms with Crippen LogP contribution in [-0.2, 0) is 16.0 Å². The molecule has 104 valence electrons. The van der Waals surface area contributed by atoms with Crippen molar-refractivity contribution in [2.45, 2.75) is 25.8 Å². The minimum atomic E-state index is -0.443. The summed E-state index contributed by atoms with van der Waals surface area (Å²) >= 11 is 1.61. The summed E-state index contributed by atoms with van der Waals surface area (Å²) in [5.74, 6) is -0.298. The van der Waals surface area contributed by atoms with Crippen LogP contribution in [-0.4, -0.2) is 26.2 Å². The number of nitrogens with zero attached hydrogens (tertiary/aromatic N) is 3. The van der Waals surface area contributed by atoms with E-state index in [1.165, 1.54) is 12.0 Å². The summed E-state index contributed by atoms with van der Waals surface area (Å²) in [5, 5.41) is 6.59. The van der Waals surface area contributed by atoms with E-state index in [9.17, 15) is 4.79 Å². The van der Waals surface area contributed by atoms with Crippen LogP contribution in [0.4, 0.5) is 0 Å². The number of carbonyl (C=O) groups is 1. The van der Waals surface area contributed by atoms with Gasteiger partial charge in [0.25, 0.3) is 0 Å². The number of thiophene rings is 1. The van der Waals surface area contributed by atoms with Gasteiger partial charge in [-0.05, 0) is 37.1 Å². The number of azide groups is 1. The highest BCUT2D eigenvalue weighted by Gasteiger charge is 2.22. The molecule has 6 nitrogen and oxygen atoms in total. The highest BCUT2D eigenvalue weighted by molar-refractivity contribution is 7.12. The maximum absolute atomic E-state index is 11.8. The van der Waals surface area contributed by atoms with Gasteiger partial charge in [-0.1, -0.05) is 12.0 Å². The average molecular weight is 282 g/mol. The number of hydrogen-bond acceptors (Lipinski definition) is 5. The molecular weight excluding hydrogens is 264 g/mol. The Morgan fingerprint density at radius 2 is 2.42 bits per heavy atom. The monoisotopic (exact) mass is 282 g/mol. The van der Waals surface area contributed by atoms with Gasteiger partial charge in [0.05, 0.1) is 7.11 Å². The largest absolute Gasteiger partial charge is 0.468 e. The molecular formula is C12H18N4O2S. The second kappa shape index (κ2) is 8.53. The molecule has 0 saturated carbocycles. The Hall–Kier alpha value is -1.56. The molecule has 0 fully saturated rings. The standard InChI is InChI=1S/C12H18N4O2S/c1-3-9-5-6-10(19-9)11(12(17)18-2)14-7-4-8-15-16-13/h5-6,11,14H,3-4,7-8H2,1-2H3. The normalized spacial score (nSPS) is 11.7. The van der Waals surface area contributed by atoms with Gasteiger partial charge in [-0.25, -0.2) is 4.79 Å². The molecule has 1 unspecified atom stereocenters. The first-order valence-corrected chi connectivity index (χ1v) is 6.95. The van der Waals surface area contributed by atoms with E-state index in [0.29, 0.717) is 19.5 Å². The topological polar surface area (TPSA) is 87.1 Å². The van der Waals surface area contributed by atoms with Crippen LogP contribution in [0.15, 0.2) is 17.2 Å². The molecule has 0 spiro atoms. The first-order valence-electron chi connectivity index (χ1n) is 6.13. The van der Waals surface area contributed by atoms with Gasteiger partial charge in [-0.2, -0.15) is 0 Å². The van der Waals surface area contributed by atoms with Crippen LogP contribution in [0.3, 0.4) is 0 Å². The molecule has 0 radical (unpaired) electrons. The number of aryl methyl sites for hydroxylation is 1. The summed E-state index contributed by atoms with van der Waals surface area (Å²) < 4.78 is 4.81. The molecule has 1 atom stereocenters. The molecule has 0 aromatic carbocycles. The zero-order valence-electron chi connectivity index (χ0n) is 11.1. The minimum absolute atomic E-state index is 0.298. The van der Waals surface area contributed by atoms with Crippen LogP contribution >= 0.6 is 11.3 Å². The molecule has 1 heterocycles. The predicted octanol–water partition coefficient (Wildman–Crippen LogP) is 2.81. The summed E-state index contributed by atoms with van der Waals surface area (Å²) in [6.07, 6.45) is 1.64. The lowest BCUT2D eigenvalue weighted by Crippen LogP contribution is -2.30. The second-order valence-corrected chi connectivity index (χ2v) is 5.08. The molecule has 0 aliphatic rings. The molecule has 1 aromatic heterocycles. The fourth-order valence-electron chi connectivity index (χ4n) is 1.60. The number of nitrogens with one attached hydrogen (secondary N) is 1. The molecule has 0 aliphatic heterocycles. The third-order valence-corrected chi connectivity index (χ3v) is 3.89. The lowest BCUT2D eigenvalue weighted by Gasteiger charge is -2.14. The van der Waals surface area contributed by atoms with E-state index in [2.05, 4.69) is 22.3 Å². The predicted molar refractivity (Wildman–Crippen MR) is 75.1 cm³/mol. The number of methoxy groups -OCH3 is 1. The maximum atomic E-state index is 11.8. The van der Waals surface area contributed by atoms with Crippen molar-refractivity contribution in [3.63, 3.8) is 0 Å². The smallest absolute Gasteiger partial charge is 0.328 e. The molecule has 19 heavy (non-hydrogen) atoms. The van der Waals surface area contributed by atoms with Crippen LogP contribution in [0.25, 0.3) is 10.4 Å². The van der Waals surface area contributed by atoms with E-state index in [4.69, 9.17) is 10.3 Å². The van der Waals surface area contributed by atoms with E-state index in [1.807, 2.05) is 12.1 Å². The van der Waals surface area contributed by atoms with E-state index >= 15 is 0 Å². The van der Waals surface area contributed by atoms with Gasteiger partial charge in [0.15, 0.2) is 0 Å². The summed E-state index contributed by atoms with van der Waals surface area (Å²) in [4.78, 5) is 16.6. The SMILES string of the molecule is CCc1ccc(C(NCCCN=[N+]=[N-])C(=O)OC)s1. The number of hydrogen-bond donors (Lipinski definition) is 1. The quantitative estimate of drug-likeness (QED) is 0.261. The molecule has 0 bridgehead atoms. The van der Waals surface area contributed by atoms with E-state index in [1.54, 1.807) is 11.3 Å². The first-order chi connectivity index (χ1) is 9.22. The van der Waals surface area contributed by atoms with Gasteiger partial charge in [0.1, 0.15) is 6.04 Å². The zero-order valence-corrected chi connectivity index (χ0v) is 11.9. The number of rotatable bonds is 8. The van der Waals surface area contributed by atoms with Crippen LogP contribution < -0.4 is 5.32 Å². The Kier molecular flexibility index (Phi) is 6.95. The highest BCUT2D eigenvalue weighted by atomic mass is 32.1. The summed E-state index contributed by atoms with van der Waals surface area (Å²) in [7, 11) is 1.38. The van der Waals surface area contributed by atoms with Gasteiger partial charge in [0, 0.05) is 21.2 Å². The first kappa shape index (κ1) is 15.5. The van der Waals surface area contributed by atoms with E-state index < -0.39 is 6.04 Å². The Bertz CT molecular complexity index is 454. The third kappa shape index (κ3) is 4.90. The lowest BCUT2D eigenvalue weighted by molar-refractivity contribution is -0.143. The molecule has 0 amide bonds. The van der Waals surface area contributed by atoms with Gasteiger partial charge in [-0.3, -0.25) is 0 Å². The summed E-state index contributed by atoms with van der Waals surface area (Å²) in [6.45, 7) is 3.09. The Morgan fingerprint density at radius 1 is 1.63 bits per heavy atom. The molecule has 0 saturated heterocycles. The molecule has 1 aromatic rings. The Labute approximate surface area is 116 Å². The van der Waals surface area contributed by atoms with Crippen LogP contribution in [0.5, 0.6) is 0 Å². The lowest BCUT2D eigenvalue weighted by atomic mass is 10.2. The van der Waals surface area contributed by atoms with Crippen LogP contribution in [0, 0.1) is 0 Å². The van der Waals surface area contributed by atoms with E-state index in [0.717, 1.165) is 11.3 Å². The zero-order chi connectivity index (χ0) is 14.1. The van der Waals surface area contributed by atoms with Gasteiger partial charge in [0.2, 0.25) is 0 Å². The molecule has 1 N–H and O–H groups in total. The van der Waals surface area contributed by atoms with Gasteiger partial charge >= 0.3 is 5.97 Å². The van der Waals surface area contributed by atoms with Crippen molar-refractivity contribution >= 4 is 17.3 Å². The Balaban J connectivity index is 2.61. The van der Waals surface area contributed by atoms with Crippen molar-refractivity contribution < 1.29 is 9.53 Å². The van der Waals surface area contributed by atoms with Crippen molar-refractivity contribution in [2.75, 3.05) is 20.2 Å². The number of esters is 1. The van der Waals surface area contributed by atoms with Crippen molar-refractivity contribution in [1.29, 1.82) is 0 Å². The van der Waals surface area contributed by atoms with Crippen molar-refractivity contribution in [3.8, 4) is 0 Å². The maximum Gasteiger partial charge on any atom is 0.328 e. The average Bonchev–Trinajstić information content (AvgIpc) is 2.90. The van der Waals surface area contributed by atoms with Crippen molar-refractivity contribution in [2.24, 2.45) is 5.11 Å². The Morgan fingerprint density at radius 3 is 3.00 bits per heavy atom. The van der Waals surface area contributed by atoms with Crippen LogP contribution in [0.1, 0.15) is 29.1 Å². The number of ether oxygens (including phenoxy) is 1. The molecule has 1 rings (SSSR count). The van der Waals surface area contributed by atoms with Crippen LogP contribution in [0.2, 0.25) is 0 Å². The molecule has 0 aliphatic carbocycles. The van der Waals surface area contributed by atoms with Gasteiger partial charge in [-0.15, -0.1) is 11.3 Å². The summed E-state index contributed by atoms with van der Waals surface area (Å²) in [5.41, 5.74) is 8.17. The number of carbonyl (C=O) groups excluding carboxylic acids is 1. The van der Waals surface area contributed by atoms with E-state index in [-0.39, 0.29) is 5.97 Å².